The average molecular weight is 457 g/mol. The van der Waals surface area contributed by atoms with Crippen molar-refractivity contribution >= 4 is 23.2 Å². The molecule has 0 spiro atoms. The number of amides is 2. The van der Waals surface area contributed by atoms with Crippen molar-refractivity contribution in [2.75, 3.05) is 13.1 Å². The summed E-state index contributed by atoms with van der Waals surface area (Å²) in [5.41, 5.74) is 2.10. The van der Waals surface area contributed by atoms with E-state index in [9.17, 15) is 18.4 Å². The zero-order chi connectivity index (χ0) is 23.1. The summed E-state index contributed by atoms with van der Waals surface area (Å²) in [6.45, 7) is 4.86. The minimum atomic E-state index is -0.496. The van der Waals surface area contributed by atoms with Crippen molar-refractivity contribution in [2.45, 2.75) is 33.4 Å². The van der Waals surface area contributed by atoms with E-state index >= 15 is 0 Å². The first-order valence-electron chi connectivity index (χ1n) is 10.5. The van der Waals surface area contributed by atoms with Gasteiger partial charge in [-0.25, -0.2) is 8.78 Å². The number of rotatable bonds is 9. The molecule has 1 aromatic heterocycles. The van der Waals surface area contributed by atoms with Crippen LogP contribution in [0.1, 0.15) is 39.7 Å². The number of hydrogen-bond donors (Lipinski definition) is 0. The van der Waals surface area contributed by atoms with Crippen molar-refractivity contribution < 1.29 is 18.4 Å². The Bertz CT molecular complexity index is 1070. The number of hydrogen-bond acceptors (Lipinski definition) is 3. The highest BCUT2D eigenvalue weighted by atomic mass is 32.1. The lowest BCUT2D eigenvalue weighted by Crippen LogP contribution is -2.42. The van der Waals surface area contributed by atoms with E-state index in [2.05, 4.69) is 0 Å². The van der Waals surface area contributed by atoms with Crippen LogP contribution in [0.5, 0.6) is 0 Å². The Morgan fingerprint density at radius 1 is 0.938 bits per heavy atom. The number of aryl methyl sites for hydroxylation is 1. The molecule has 2 amide bonds. The highest BCUT2D eigenvalue weighted by molar-refractivity contribution is 7.10. The normalized spacial score (nSPS) is 10.8. The van der Waals surface area contributed by atoms with Crippen molar-refractivity contribution in [3.8, 4) is 0 Å². The molecule has 0 aliphatic heterocycles. The Labute approximate surface area is 191 Å². The van der Waals surface area contributed by atoms with Gasteiger partial charge < -0.3 is 9.80 Å². The summed E-state index contributed by atoms with van der Waals surface area (Å²) in [4.78, 5) is 30.5. The second kappa shape index (κ2) is 11.0. The maximum atomic E-state index is 13.6. The van der Waals surface area contributed by atoms with E-state index in [0.29, 0.717) is 26.1 Å². The van der Waals surface area contributed by atoms with Crippen molar-refractivity contribution in [3.63, 3.8) is 0 Å². The lowest BCUT2D eigenvalue weighted by atomic mass is 10.1. The van der Waals surface area contributed by atoms with Gasteiger partial charge in [0.2, 0.25) is 5.91 Å². The molecule has 0 aliphatic carbocycles. The number of nitrogens with zero attached hydrogens (tertiary/aromatic N) is 2. The molecule has 0 radical (unpaired) electrons. The first kappa shape index (κ1) is 23.6. The standard InChI is InChI=1S/C25H26F2N2O2S/c1-3-12-28(25(31)20-5-4-6-22(27)14-20)17-24(30)29(16-23-18(2)11-13-32-23)15-19-7-9-21(26)10-8-19/h4-11,13-14H,3,12,15-17H2,1-2H3. The molecule has 4 nitrogen and oxygen atoms in total. The second-order valence-electron chi connectivity index (χ2n) is 7.64. The minimum absolute atomic E-state index is 0.116. The van der Waals surface area contributed by atoms with Crippen LogP contribution >= 0.6 is 11.3 Å². The molecule has 0 bridgehead atoms. The highest BCUT2D eigenvalue weighted by Crippen LogP contribution is 2.20. The molecule has 168 valence electrons. The zero-order valence-corrected chi connectivity index (χ0v) is 19.0. The van der Waals surface area contributed by atoms with Crippen LogP contribution in [0.2, 0.25) is 0 Å². The number of benzene rings is 2. The molecule has 0 saturated carbocycles. The predicted molar refractivity (Wildman–Crippen MR) is 122 cm³/mol. The Hall–Kier alpha value is -3.06. The van der Waals surface area contributed by atoms with Gasteiger partial charge in [-0.3, -0.25) is 9.59 Å². The average Bonchev–Trinajstić information content (AvgIpc) is 3.18. The molecule has 3 rings (SSSR count). The number of carbonyl (C=O) groups excluding carboxylic acids is 2. The summed E-state index contributed by atoms with van der Waals surface area (Å²) in [7, 11) is 0. The second-order valence-corrected chi connectivity index (χ2v) is 8.64. The first-order valence-corrected chi connectivity index (χ1v) is 11.4. The maximum Gasteiger partial charge on any atom is 0.254 e. The van der Waals surface area contributed by atoms with Crippen LogP contribution in [-0.4, -0.2) is 34.7 Å². The Kier molecular flexibility index (Phi) is 8.11. The molecule has 0 aliphatic rings. The summed E-state index contributed by atoms with van der Waals surface area (Å²) in [6, 6.07) is 13.5. The van der Waals surface area contributed by atoms with Crippen molar-refractivity contribution in [3.05, 3.63) is 93.2 Å². The third-order valence-electron chi connectivity index (χ3n) is 5.12. The maximum absolute atomic E-state index is 13.6. The molecule has 0 N–H and O–H groups in total. The molecular weight excluding hydrogens is 430 g/mol. The van der Waals surface area contributed by atoms with Crippen LogP contribution < -0.4 is 0 Å². The van der Waals surface area contributed by atoms with Gasteiger partial charge in [0.1, 0.15) is 18.2 Å². The molecule has 2 aromatic carbocycles. The van der Waals surface area contributed by atoms with E-state index in [1.807, 2.05) is 25.3 Å². The number of thiophene rings is 1. The number of halogens is 2. The third kappa shape index (κ3) is 6.23. The van der Waals surface area contributed by atoms with E-state index in [4.69, 9.17) is 0 Å². The quantitative estimate of drug-likeness (QED) is 0.432. The summed E-state index contributed by atoms with van der Waals surface area (Å²) in [6.07, 6.45) is 0.663. The van der Waals surface area contributed by atoms with Gasteiger partial charge in [0.25, 0.3) is 5.91 Å². The number of carbonyl (C=O) groups is 2. The van der Waals surface area contributed by atoms with E-state index in [1.54, 1.807) is 34.4 Å². The Morgan fingerprint density at radius 3 is 2.31 bits per heavy atom. The lowest BCUT2D eigenvalue weighted by molar-refractivity contribution is -0.133. The SMILES string of the molecule is CCCN(CC(=O)N(Cc1ccc(F)cc1)Cc1sccc1C)C(=O)c1cccc(F)c1. The van der Waals surface area contributed by atoms with Gasteiger partial charge in [-0.05, 0) is 66.2 Å². The molecule has 1 heterocycles. The topological polar surface area (TPSA) is 40.6 Å². The summed E-state index contributed by atoms with van der Waals surface area (Å²) in [5, 5.41) is 1.97. The predicted octanol–water partition coefficient (Wildman–Crippen LogP) is 5.42. The van der Waals surface area contributed by atoms with Gasteiger partial charge in [0.05, 0.1) is 6.54 Å². The fourth-order valence-electron chi connectivity index (χ4n) is 3.37. The van der Waals surface area contributed by atoms with Crippen LogP contribution in [-0.2, 0) is 17.9 Å². The van der Waals surface area contributed by atoms with Gasteiger partial charge in [-0.2, -0.15) is 0 Å². The minimum Gasteiger partial charge on any atom is -0.332 e. The molecule has 32 heavy (non-hydrogen) atoms. The van der Waals surface area contributed by atoms with E-state index in [0.717, 1.165) is 16.0 Å². The highest BCUT2D eigenvalue weighted by Gasteiger charge is 2.23. The fraction of sp³-hybridized carbons (Fsp3) is 0.280. The molecular formula is C25H26F2N2O2S. The largest absolute Gasteiger partial charge is 0.332 e. The van der Waals surface area contributed by atoms with E-state index < -0.39 is 5.82 Å². The van der Waals surface area contributed by atoms with E-state index in [1.165, 1.54) is 35.2 Å². The van der Waals surface area contributed by atoms with Gasteiger partial charge in [0, 0.05) is 23.5 Å². The van der Waals surface area contributed by atoms with Crippen LogP contribution in [0.25, 0.3) is 0 Å². The van der Waals surface area contributed by atoms with Crippen molar-refractivity contribution in [1.82, 2.24) is 9.80 Å². The molecule has 3 aromatic rings. The van der Waals surface area contributed by atoms with Crippen LogP contribution in [0.3, 0.4) is 0 Å². The summed E-state index contributed by atoms with van der Waals surface area (Å²) >= 11 is 1.57. The molecule has 0 atom stereocenters. The van der Waals surface area contributed by atoms with Crippen molar-refractivity contribution in [1.29, 1.82) is 0 Å². The van der Waals surface area contributed by atoms with Gasteiger partial charge >= 0.3 is 0 Å². The Morgan fingerprint density at radius 2 is 1.69 bits per heavy atom. The van der Waals surface area contributed by atoms with Gasteiger partial charge in [-0.1, -0.05) is 25.1 Å². The first-order chi connectivity index (χ1) is 15.4. The monoisotopic (exact) mass is 456 g/mol. The summed E-state index contributed by atoms with van der Waals surface area (Å²) < 4.78 is 26.9. The molecule has 0 unspecified atom stereocenters. The fourth-order valence-corrected chi connectivity index (χ4v) is 4.29. The van der Waals surface area contributed by atoms with Crippen LogP contribution in [0, 0.1) is 18.6 Å². The lowest BCUT2D eigenvalue weighted by Gasteiger charge is -2.28. The van der Waals surface area contributed by atoms with Crippen LogP contribution in [0.15, 0.2) is 60.0 Å². The summed E-state index contributed by atoms with van der Waals surface area (Å²) in [5.74, 6) is -1.44. The van der Waals surface area contributed by atoms with Gasteiger partial charge in [0.15, 0.2) is 0 Å². The third-order valence-corrected chi connectivity index (χ3v) is 6.13. The smallest absolute Gasteiger partial charge is 0.254 e. The van der Waals surface area contributed by atoms with E-state index in [-0.39, 0.29) is 29.7 Å². The zero-order valence-electron chi connectivity index (χ0n) is 18.2. The van der Waals surface area contributed by atoms with Gasteiger partial charge in [-0.15, -0.1) is 11.3 Å². The van der Waals surface area contributed by atoms with Crippen LogP contribution in [0.4, 0.5) is 8.78 Å². The molecule has 0 saturated heterocycles. The molecule has 0 fully saturated rings. The molecule has 7 heteroatoms. The van der Waals surface area contributed by atoms with Crippen molar-refractivity contribution in [2.24, 2.45) is 0 Å². The Balaban J connectivity index is 1.81.